The van der Waals surface area contributed by atoms with Gasteiger partial charge in [-0.3, -0.25) is 0 Å². The van der Waals surface area contributed by atoms with Gasteiger partial charge in [-0.1, -0.05) is 20.8 Å². The maximum absolute atomic E-state index is 9.66. The molecule has 0 aliphatic rings. The van der Waals surface area contributed by atoms with Crippen molar-refractivity contribution in [2.45, 2.75) is 65.8 Å². The summed E-state index contributed by atoms with van der Waals surface area (Å²) in [6.07, 6.45) is 0.158. The third-order valence-corrected chi connectivity index (χ3v) is 2.23. The first-order chi connectivity index (χ1) is 6.72. The molecule has 0 aromatic heterocycles. The molecule has 0 amide bonds. The molecule has 0 spiro atoms. The number of hydrogen-bond donors (Lipinski definition) is 2. The van der Waals surface area contributed by atoms with Crippen LogP contribution >= 0.6 is 0 Å². The quantitative estimate of drug-likeness (QED) is 0.716. The molecule has 0 aliphatic heterocycles. The van der Waals surface area contributed by atoms with Crippen LogP contribution < -0.4 is 0 Å². The predicted octanol–water partition coefficient (Wildman–Crippen LogP) is 1.96. The van der Waals surface area contributed by atoms with Gasteiger partial charge < -0.3 is 14.9 Å². The molecule has 2 N–H and O–H groups in total. The van der Waals surface area contributed by atoms with Crippen molar-refractivity contribution in [3.8, 4) is 0 Å². The van der Waals surface area contributed by atoms with E-state index in [9.17, 15) is 10.2 Å². The number of aliphatic hydroxyl groups excluding tert-OH is 2. The maximum atomic E-state index is 9.66. The molecule has 0 aromatic rings. The summed E-state index contributed by atoms with van der Waals surface area (Å²) in [7, 11) is 0. The lowest BCUT2D eigenvalue weighted by atomic mass is 9.88. The van der Waals surface area contributed by atoms with Crippen molar-refractivity contribution < 1.29 is 14.9 Å². The van der Waals surface area contributed by atoms with Crippen molar-refractivity contribution in [1.82, 2.24) is 0 Å². The van der Waals surface area contributed by atoms with Gasteiger partial charge in [-0.15, -0.1) is 0 Å². The molecule has 3 heteroatoms. The van der Waals surface area contributed by atoms with Gasteiger partial charge in [-0.25, -0.2) is 0 Å². The third-order valence-electron chi connectivity index (χ3n) is 2.23. The first-order valence-corrected chi connectivity index (χ1v) is 5.70. The lowest BCUT2D eigenvalue weighted by molar-refractivity contribution is -0.0576. The monoisotopic (exact) mass is 218 g/mol. The minimum absolute atomic E-state index is 0.0921. The van der Waals surface area contributed by atoms with E-state index in [4.69, 9.17) is 4.74 Å². The van der Waals surface area contributed by atoms with Gasteiger partial charge in [0, 0.05) is 0 Å². The Morgan fingerprint density at radius 2 is 1.60 bits per heavy atom. The summed E-state index contributed by atoms with van der Waals surface area (Å²) in [4.78, 5) is 0. The fourth-order valence-electron chi connectivity index (χ4n) is 1.18. The van der Waals surface area contributed by atoms with Gasteiger partial charge in [0.1, 0.15) is 6.10 Å². The minimum Gasteiger partial charge on any atom is -0.390 e. The Morgan fingerprint density at radius 3 is 2.00 bits per heavy atom. The van der Waals surface area contributed by atoms with Crippen molar-refractivity contribution in [2.24, 2.45) is 5.41 Å². The Balaban J connectivity index is 3.74. The summed E-state index contributed by atoms with van der Waals surface area (Å²) < 4.78 is 5.25. The molecule has 3 nitrogen and oxygen atoms in total. The summed E-state index contributed by atoms with van der Waals surface area (Å²) in [5.41, 5.74) is 0.194. The summed E-state index contributed by atoms with van der Waals surface area (Å²) in [5, 5.41) is 19.3. The van der Waals surface area contributed by atoms with Crippen molar-refractivity contribution in [1.29, 1.82) is 0 Å². The normalized spacial score (nSPS) is 16.8. The molecule has 0 bridgehead atoms. The second kappa shape index (κ2) is 6.46. The van der Waals surface area contributed by atoms with Crippen molar-refractivity contribution in [3.05, 3.63) is 0 Å². The highest BCUT2D eigenvalue weighted by molar-refractivity contribution is 4.71. The van der Waals surface area contributed by atoms with E-state index >= 15 is 0 Å². The van der Waals surface area contributed by atoms with Crippen LogP contribution in [-0.4, -0.2) is 35.1 Å². The molecule has 0 fully saturated rings. The number of hydrogen-bond acceptors (Lipinski definition) is 3. The second-order valence-corrected chi connectivity index (χ2v) is 5.62. The highest BCUT2D eigenvalue weighted by atomic mass is 16.5. The Kier molecular flexibility index (Phi) is 6.41. The summed E-state index contributed by atoms with van der Waals surface area (Å²) in [6.45, 7) is 10.4. The van der Waals surface area contributed by atoms with Crippen LogP contribution in [-0.2, 0) is 4.74 Å². The van der Waals surface area contributed by atoms with Gasteiger partial charge in [0.05, 0.1) is 18.8 Å². The van der Waals surface area contributed by atoms with E-state index in [0.717, 1.165) is 6.42 Å². The molecule has 0 rings (SSSR count). The Bertz CT molecular complexity index is 161. The Hall–Kier alpha value is -0.120. The third kappa shape index (κ3) is 8.85. The van der Waals surface area contributed by atoms with Crippen molar-refractivity contribution in [2.75, 3.05) is 6.61 Å². The maximum Gasteiger partial charge on any atom is 0.103 e. The van der Waals surface area contributed by atoms with E-state index in [1.54, 1.807) is 0 Å². The second-order valence-electron chi connectivity index (χ2n) is 5.62. The van der Waals surface area contributed by atoms with Gasteiger partial charge in [0.25, 0.3) is 0 Å². The van der Waals surface area contributed by atoms with Crippen molar-refractivity contribution in [3.63, 3.8) is 0 Å². The van der Waals surface area contributed by atoms with Crippen LogP contribution in [0.1, 0.15) is 47.5 Å². The summed E-state index contributed by atoms with van der Waals surface area (Å²) in [5.74, 6) is 0. The number of rotatable bonds is 6. The number of ether oxygens (including phenoxy) is 1. The fraction of sp³-hybridized carbons (Fsp3) is 1.00. The molecular formula is C12H26O3. The van der Waals surface area contributed by atoms with Crippen LogP contribution in [0.15, 0.2) is 0 Å². The first-order valence-electron chi connectivity index (χ1n) is 5.70. The zero-order chi connectivity index (χ0) is 12.1. The van der Waals surface area contributed by atoms with E-state index in [1.165, 1.54) is 0 Å². The van der Waals surface area contributed by atoms with Crippen LogP contribution in [0.25, 0.3) is 0 Å². The van der Waals surface area contributed by atoms with E-state index in [-0.39, 0.29) is 18.1 Å². The molecule has 0 aromatic carbocycles. The van der Waals surface area contributed by atoms with Crippen LogP contribution in [0.2, 0.25) is 0 Å². The van der Waals surface area contributed by atoms with Gasteiger partial charge >= 0.3 is 0 Å². The standard InChI is InChI=1S/C12H26O3/c1-9(2)15-8-11(14)10(13)6-7-12(3,4)5/h9-11,13-14H,6-8H2,1-5H3. The molecule has 2 unspecified atom stereocenters. The van der Waals surface area contributed by atoms with Gasteiger partial charge in [0.2, 0.25) is 0 Å². The molecule has 0 saturated heterocycles. The molecule has 0 saturated carbocycles. The smallest absolute Gasteiger partial charge is 0.103 e. The molecular weight excluding hydrogens is 192 g/mol. The Morgan fingerprint density at radius 1 is 1.07 bits per heavy atom. The predicted molar refractivity (Wildman–Crippen MR) is 61.8 cm³/mol. The molecule has 92 valence electrons. The van der Waals surface area contributed by atoms with E-state index in [2.05, 4.69) is 20.8 Å². The largest absolute Gasteiger partial charge is 0.390 e. The van der Waals surface area contributed by atoms with E-state index in [0.29, 0.717) is 6.42 Å². The highest BCUT2D eigenvalue weighted by Crippen LogP contribution is 2.22. The zero-order valence-corrected chi connectivity index (χ0v) is 10.7. The van der Waals surface area contributed by atoms with Gasteiger partial charge in [-0.05, 0) is 32.1 Å². The Labute approximate surface area is 93.5 Å². The zero-order valence-electron chi connectivity index (χ0n) is 10.7. The highest BCUT2D eigenvalue weighted by Gasteiger charge is 2.20. The topological polar surface area (TPSA) is 49.7 Å². The SMILES string of the molecule is CC(C)OCC(O)C(O)CCC(C)(C)C. The molecule has 0 heterocycles. The summed E-state index contributed by atoms with van der Waals surface area (Å²) in [6, 6.07) is 0. The average molecular weight is 218 g/mol. The fourth-order valence-corrected chi connectivity index (χ4v) is 1.18. The van der Waals surface area contributed by atoms with Crippen LogP contribution in [0.5, 0.6) is 0 Å². The average Bonchev–Trinajstić information content (AvgIpc) is 2.08. The lowest BCUT2D eigenvalue weighted by Crippen LogP contribution is -2.32. The molecule has 15 heavy (non-hydrogen) atoms. The number of aliphatic hydroxyl groups is 2. The van der Waals surface area contributed by atoms with Crippen LogP contribution in [0.3, 0.4) is 0 Å². The van der Waals surface area contributed by atoms with Gasteiger partial charge in [-0.2, -0.15) is 0 Å². The van der Waals surface area contributed by atoms with E-state index in [1.807, 2.05) is 13.8 Å². The molecule has 0 aliphatic carbocycles. The lowest BCUT2D eigenvalue weighted by Gasteiger charge is -2.23. The van der Waals surface area contributed by atoms with Crippen molar-refractivity contribution >= 4 is 0 Å². The molecule has 2 atom stereocenters. The minimum atomic E-state index is -0.769. The summed E-state index contributed by atoms with van der Waals surface area (Å²) >= 11 is 0. The molecule has 0 radical (unpaired) electrons. The van der Waals surface area contributed by atoms with E-state index < -0.39 is 12.2 Å². The van der Waals surface area contributed by atoms with Gasteiger partial charge in [0.15, 0.2) is 0 Å². The van der Waals surface area contributed by atoms with Crippen LogP contribution in [0.4, 0.5) is 0 Å². The van der Waals surface area contributed by atoms with Crippen LogP contribution in [0, 0.1) is 5.41 Å². The first kappa shape index (κ1) is 14.9.